The van der Waals surface area contributed by atoms with E-state index in [2.05, 4.69) is 19.1 Å². The van der Waals surface area contributed by atoms with Crippen LogP contribution in [-0.2, 0) is 14.3 Å². The molecule has 0 aromatic rings. The summed E-state index contributed by atoms with van der Waals surface area (Å²) >= 11 is 0. The Morgan fingerprint density at radius 2 is 1.45 bits per heavy atom. The summed E-state index contributed by atoms with van der Waals surface area (Å²) in [6, 6.07) is 0. The van der Waals surface area contributed by atoms with Crippen LogP contribution in [0.3, 0.4) is 0 Å². The highest BCUT2D eigenvalue weighted by molar-refractivity contribution is 5.69. The molecule has 1 saturated heterocycles. The molecule has 0 aromatic heterocycles. The molecule has 31 heavy (non-hydrogen) atoms. The van der Waals surface area contributed by atoms with Crippen LogP contribution in [0.15, 0.2) is 12.2 Å². The van der Waals surface area contributed by atoms with Gasteiger partial charge < -0.3 is 29.9 Å². The van der Waals surface area contributed by atoms with Gasteiger partial charge in [-0.1, -0.05) is 70.4 Å². The first-order valence-electron chi connectivity index (χ1n) is 12.1. The van der Waals surface area contributed by atoms with E-state index < -0.39 is 43.3 Å². The van der Waals surface area contributed by atoms with Gasteiger partial charge in [0.1, 0.15) is 18.8 Å². The molecule has 0 unspecified atom stereocenters. The largest absolute Gasteiger partial charge is 0.427 e. The Labute approximate surface area is 187 Å². The predicted molar refractivity (Wildman–Crippen MR) is 119 cm³/mol. The van der Waals surface area contributed by atoms with Crippen LogP contribution in [0, 0.1) is 0 Å². The summed E-state index contributed by atoms with van der Waals surface area (Å²) in [4.78, 5) is 12.1. The van der Waals surface area contributed by atoms with Crippen molar-refractivity contribution < 1.29 is 34.7 Å². The first-order chi connectivity index (χ1) is 15.0. The molecule has 7 nitrogen and oxygen atoms in total. The zero-order valence-electron chi connectivity index (χ0n) is 19.2. The number of aliphatic hydroxyl groups excluding tert-OH is 4. The van der Waals surface area contributed by atoms with E-state index in [1.807, 2.05) is 0 Å². The highest BCUT2D eigenvalue weighted by Gasteiger charge is 2.56. The van der Waals surface area contributed by atoms with Crippen LogP contribution in [0.2, 0.25) is 0 Å². The molecular formula is C24H44O7. The summed E-state index contributed by atoms with van der Waals surface area (Å²) in [6.07, 6.45) is 15.7. The summed E-state index contributed by atoms with van der Waals surface area (Å²) in [6.45, 7) is 0.898. The van der Waals surface area contributed by atoms with Crippen molar-refractivity contribution in [1.82, 2.24) is 0 Å². The predicted octanol–water partition coefficient (Wildman–Crippen LogP) is 3.37. The zero-order valence-corrected chi connectivity index (χ0v) is 19.2. The molecule has 1 rings (SSSR count). The van der Waals surface area contributed by atoms with Crippen molar-refractivity contribution >= 4 is 5.97 Å². The van der Waals surface area contributed by atoms with Crippen LogP contribution in [0.5, 0.6) is 0 Å². The van der Waals surface area contributed by atoms with Gasteiger partial charge in [-0.25, -0.2) is 0 Å². The summed E-state index contributed by atoms with van der Waals surface area (Å²) in [5, 5.41) is 38.5. The number of carbonyl (C=O) groups is 1. The molecule has 1 fully saturated rings. The SMILES string of the molecule is CCCCCCCC/C=C\CCCCCCCC(=O)O[C@]1(CO)O[C@H](CO)[C@@H](O)[C@@H]1O. The van der Waals surface area contributed by atoms with Gasteiger partial charge >= 0.3 is 5.97 Å². The van der Waals surface area contributed by atoms with Gasteiger partial charge in [0.05, 0.1) is 6.61 Å². The monoisotopic (exact) mass is 444 g/mol. The van der Waals surface area contributed by atoms with E-state index in [9.17, 15) is 20.1 Å². The average Bonchev–Trinajstić information content (AvgIpc) is 3.01. The van der Waals surface area contributed by atoms with Crippen LogP contribution >= 0.6 is 0 Å². The van der Waals surface area contributed by atoms with E-state index in [1.165, 1.54) is 44.9 Å². The number of carbonyl (C=O) groups excluding carboxylic acids is 1. The van der Waals surface area contributed by atoms with Crippen molar-refractivity contribution in [2.45, 2.75) is 121 Å². The molecule has 4 N–H and O–H groups in total. The number of hydrogen-bond donors (Lipinski definition) is 4. The number of esters is 1. The fraction of sp³-hybridized carbons (Fsp3) is 0.875. The van der Waals surface area contributed by atoms with E-state index in [0.717, 1.165) is 32.1 Å². The fourth-order valence-corrected chi connectivity index (χ4v) is 3.84. The van der Waals surface area contributed by atoms with E-state index in [1.54, 1.807) is 0 Å². The molecule has 0 aromatic carbocycles. The fourth-order valence-electron chi connectivity index (χ4n) is 3.84. The molecule has 0 spiro atoms. The van der Waals surface area contributed by atoms with Crippen molar-refractivity contribution in [2.24, 2.45) is 0 Å². The molecule has 1 aliphatic rings. The lowest BCUT2D eigenvalue weighted by molar-refractivity contribution is -0.264. The maximum Gasteiger partial charge on any atom is 0.308 e. The van der Waals surface area contributed by atoms with E-state index >= 15 is 0 Å². The maximum absolute atomic E-state index is 12.1. The molecule has 4 atom stereocenters. The molecule has 0 bridgehead atoms. The number of ether oxygens (including phenoxy) is 2. The summed E-state index contributed by atoms with van der Waals surface area (Å²) in [5.74, 6) is -2.61. The standard InChI is InChI=1S/C24H44O7/c1-2-3-4-5-6-7-8-9-10-11-12-13-14-15-16-17-21(27)31-24(19-26)23(29)22(28)20(18-25)30-24/h9-10,20,22-23,25-26,28-29H,2-8,11-19H2,1H3/b10-9-/t20-,22-,23+,24+/m1/s1. The molecule has 0 aliphatic carbocycles. The second kappa shape index (κ2) is 16.6. The Balaban J connectivity index is 2.04. The minimum Gasteiger partial charge on any atom is -0.427 e. The summed E-state index contributed by atoms with van der Waals surface area (Å²) < 4.78 is 10.4. The lowest BCUT2D eigenvalue weighted by Gasteiger charge is -2.29. The second-order valence-corrected chi connectivity index (χ2v) is 8.55. The van der Waals surface area contributed by atoms with Gasteiger partial charge in [-0.05, 0) is 32.1 Å². The van der Waals surface area contributed by atoms with Crippen LogP contribution in [0.4, 0.5) is 0 Å². The normalized spacial score (nSPS) is 26.0. The van der Waals surface area contributed by atoms with Crippen molar-refractivity contribution in [3.63, 3.8) is 0 Å². The highest BCUT2D eigenvalue weighted by Crippen LogP contribution is 2.32. The Kier molecular flexibility index (Phi) is 15.0. The minimum absolute atomic E-state index is 0.149. The third kappa shape index (κ3) is 10.4. The number of unbranched alkanes of at least 4 members (excludes halogenated alkanes) is 11. The van der Waals surface area contributed by atoms with Crippen molar-refractivity contribution in [2.75, 3.05) is 13.2 Å². The van der Waals surface area contributed by atoms with Crippen LogP contribution in [-0.4, -0.2) is 63.7 Å². The van der Waals surface area contributed by atoms with Crippen LogP contribution in [0.1, 0.15) is 96.8 Å². The molecule has 182 valence electrons. The Bertz CT molecular complexity index is 496. The van der Waals surface area contributed by atoms with Crippen molar-refractivity contribution in [3.05, 3.63) is 12.2 Å². The lowest BCUT2D eigenvalue weighted by atomic mass is 10.1. The highest BCUT2D eigenvalue weighted by atomic mass is 16.8. The van der Waals surface area contributed by atoms with Crippen molar-refractivity contribution in [1.29, 1.82) is 0 Å². The molecule has 1 heterocycles. The number of rotatable bonds is 18. The molecule has 0 amide bonds. The summed E-state index contributed by atoms with van der Waals surface area (Å²) in [7, 11) is 0. The molecule has 7 heteroatoms. The van der Waals surface area contributed by atoms with Crippen LogP contribution in [0.25, 0.3) is 0 Å². The lowest BCUT2D eigenvalue weighted by Crippen LogP contribution is -2.49. The van der Waals surface area contributed by atoms with Gasteiger partial charge in [-0.3, -0.25) is 4.79 Å². The Hall–Kier alpha value is -0.990. The van der Waals surface area contributed by atoms with E-state index in [4.69, 9.17) is 14.6 Å². The minimum atomic E-state index is -2.01. The number of hydrogen-bond acceptors (Lipinski definition) is 7. The van der Waals surface area contributed by atoms with E-state index in [-0.39, 0.29) is 6.42 Å². The second-order valence-electron chi connectivity index (χ2n) is 8.55. The number of allylic oxidation sites excluding steroid dienone is 2. The van der Waals surface area contributed by atoms with Gasteiger partial charge in [0.2, 0.25) is 0 Å². The van der Waals surface area contributed by atoms with Gasteiger partial charge in [-0.2, -0.15) is 0 Å². The summed E-state index contributed by atoms with van der Waals surface area (Å²) in [5.41, 5.74) is 0. The first kappa shape index (κ1) is 28.0. The maximum atomic E-state index is 12.1. The smallest absolute Gasteiger partial charge is 0.308 e. The first-order valence-corrected chi connectivity index (χ1v) is 12.1. The third-order valence-corrected chi connectivity index (χ3v) is 5.84. The van der Waals surface area contributed by atoms with Crippen molar-refractivity contribution in [3.8, 4) is 0 Å². The molecule has 1 aliphatic heterocycles. The van der Waals surface area contributed by atoms with Crippen LogP contribution < -0.4 is 0 Å². The topological polar surface area (TPSA) is 116 Å². The third-order valence-electron chi connectivity index (χ3n) is 5.84. The number of aliphatic hydroxyl groups is 4. The van der Waals surface area contributed by atoms with Gasteiger partial charge in [0.15, 0.2) is 6.10 Å². The molecular weight excluding hydrogens is 400 g/mol. The van der Waals surface area contributed by atoms with E-state index in [0.29, 0.717) is 6.42 Å². The molecule has 0 radical (unpaired) electrons. The Morgan fingerprint density at radius 1 is 0.903 bits per heavy atom. The molecule has 0 saturated carbocycles. The quantitative estimate of drug-likeness (QED) is 0.145. The van der Waals surface area contributed by atoms with Gasteiger partial charge in [0.25, 0.3) is 5.79 Å². The van der Waals surface area contributed by atoms with Gasteiger partial charge in [0, 0.05) is 6.42 Å². The Morgan fingerprint density at radius 3 is 1.97 bits per heavy atom. The van der Waals surface area contributed by atoms with Gasteiger partial charge in [-0.15, -0.1) is 0 Å². The average molecular weight is 445 g/mol. The zero-order chi connectivity index (χ0) is 23.0.